The molecule has 0 aliphatic carbocycles. The van der Waals surface area contributed by atoms with Gasteiger partial charge < -0.3 is 15.4 Å². The van der Waals surface area contributed by atoms with Crippen molar-refractivity contribution in [2.75, 3.05) is 30.3 Å². The second kappa shape index (κ2) is 6.54. The Hall–Kier alpha value is -1.45. The van der Waals surface area contributed by atoms with E-state index in [1.165, 1.54) is 12.5 Å². The molecule has 2 rings (SSSR count). The van der Waals surface area contributed by atoms with Crippen molar-refractivity contribution in [3.8, 4) is 5.75 Å². The largest absolute Gasteiger partial charge is 0.490 e. The third-order valence-corrected chi connectivity index (χ3v) is 4.71. The zero-order valence-electron chi connectivity index (χ0n) is 13.4. The number of nitrogens with two attached hydrogens (primary N) is 1. The van der Waals surface area contributed by atoms with E-state index < -0.39 is 0 Å². The van der Waals surface area contributed by atoms with Crippen molar-refractivity contribution in [1.82, 2.24) is 0 Å². The van der Waals surface area contributed by atoms with Crippen LogP contribution in [0.1, 0.15) is 46.5 Å². The molecule has 1 fully saturated rings. The molecule has 1 aliphatic heterocycles. The Bertz CT molecular complexity index is 482. The highest BCUT2D eigenvalue weighted by Gasteiger charge is 2.29. The minimum absolute atomic E-state index is 0.310. The highest BCUT2D eigenvalue weighted by molar-refractivity contribution is 5.70. The van der Waals surface area contributed by atoms with Crippen molar-refractivity contribution in [2.24, 2.45) is 5.41 Å². The predicted octanol–water partition coefficient (Wildman–Crippen LogP) is 4.21. The fourth-order valence-electron chi connectivity index (χ4n) is 2.80. The van der Waals surface area contributed by atoms with Crippen LogP contribution in [0, 0.1) is 11.2 Å². The van der Waals surface area contributed by atoms with Gasteiger partial charge in [0.1, 0.15) is 0 Å². The van der Waals surface area contributed by atoms with E-state index in [0.29, 0.717) is 23.5 Å². The van der Waals surface area contributed by atoms with E-state index in [4.69, 9.17) is 10.5 Å². The van der Waals surface area contributed by atoms with Crippen LogP contribution in [0.25, 0.3) is 0 Å². The van der Waals surface area contributed by atoms with Crippen molar-refractivity contribution < 1.29 is 9.13 Å². The maximum absolute atomic E-state index is 13.9. The monoisotopic (exact) mass is 294 g/mol. The van der Waals surface area contributed by atoms with Gasteiger partial charge in [0.25, 0.3) is 0 Å². The summed E-state index contributed by atoms with van der Waals surface area (Å²) in [5.74, 6) is -0.0648. The Morgan fingerprint density at radius 1 is 1.29 bits per heavy atom. The number of piperidine rings is 1. The van der Waals surface area contributed by atoms with Crippen LogP contribution in [-0.4, -0.2) is 19.7 Å². The molecule has 21 heavy (non-hydrogen) atoms. The number of hydrogen-bond donors (Lipinski definition) is 1. The average Bonchev–Trinajstić information content (AvgIpc) is 2.48. The normalized spacial score (nSPS) is 17.8. The van der Waals surface area contributed by atoms with E-state index in [1.807, 2.05) is 6.92 Å². The molecule has 1 aromatic carbocycles. The number of anilines is 2. The van der Waals surface area contributed by atoms with E-state index in [9.17, 15) is 4.39 Å². The van der Waals surface area contributed by atoms with Crippen LogP contribution < -0.4 is 15.4 Å². The van der Waals surface area contributed by atoms with Crippen LogP contribution in [0.3, 0.4) is 0 Å². The molecule has 0 atom stereocenters. The number of nitrogens with zero attached hydrogens (tertiary/aromatic N) is 1. The first-order valence-electron chi connectivity index (χ1n) is 7.96. The van der Waals surface area contributed by atoms with Crippen LogP contribution in [0.15, 0.2) is 12.1 Å². The summed E-state index contributed by atoms with van der Waals surface area (Å²) in [4.78, 5) is 2.25. The quantitative estimate of drug-likeness (QED) is 0.827. The van der Waals surface area contributed by atoms with Crippen LogP contribution in [-0.2, 0) is 0 Å². The summed E-state index contributed by atoms with van der Waals surface area (Å²) in [6, 6.07) is 3.14. The zero-order valence-corrected chi connectivity index (χ0v) is 13.4. The van der Waals surface area contributed by atoms with E-state index in [0.717, 1.165) is 38.0 Å². The molecule has 1 aliphatic rings. The highest BCUT2D eigenvalue weighted by atomic mass is 19.1. The molecule has 1 saturated heterocycles. The minimum atomic E-state index is -0.375. The van der Waals surface area contributed by atoms with Crippen molar-refractivity contribution in [3.63, 3.8) is 0 Å². The Morgan fingerprint density at radius 2 is 1.95 bits per heavy atom. The second-order valence-electron chi connectivity index (χ2n) is 6.34. The summed E-state index contributed by atoms with van der Waals surface area (Å²) in [5.41, 5.74) is 7.84. The summed E-state index contributed by atoms with van der Waals surface area (Å²) in [5, 5.41) is 0. The van der Waals surface area contributed by atoms with Gasteiger partial charge in [0, 0.05) is 25.2 Å². The third-order valence-electron chi connectivity index (χ3n) is 4.71. The van der Waals surface area contributed by atoms with Crippen molar-refractivity contribution in [3.05, 3.63) is 17.9 Å². The molecule has 0 spiro atoms. The number of nitrogen functional groups attached to an aromatic ring is 1. The summed E-state index contributed by atoms with van der Waals surface area (Å²) in [6.45, 7) is 9.05. The topological polar surface area (TPSA) is 38.5 Å². The highest BCUT2D eigenvalue weighted by Crippen LogP contribution is 2.38. The minimum Gasteiger partial charge on any atom is -0.490 e. The molecule has 0 saturated carbocycles. The van der Waals surface area contributed by atoms with Gasteiger partial charge in [-0.25, -0.2) is 4.39 Å². The van der Waals surface area contributed by atoms with E-state index in [2.05, 4.69) is 18.7 Å². The van der Waals surface area contributed by atoms with Gasteiger partial charge in [-0.15, -0.1) is 0 Å². The molecule has 3 nitrogen and oxygen atoms in total. The lowest BCUT2D eigenvalue weighted by Crippen LogP contribution is -2.38. The number of ether oxygens (including phenoxy) is 1. The van der Waals surface area contributed by atoms with E-state index in [-0.39, 0.29) is 5.82 Å². The lowest BCUT2D eigenvalue weighted by molar-refractivity contribution is 0.238. The summed E-state index contributed by atoms with van der Waals surface area (Å²) < 4.78 is 19.4. The molecule has 2 N–H and O–H groups in total. The molecule has 4 heteroatoms. The first kappa shape index (κ1) is 15.9. The fraction of sp³-hybridized carbons (Fsp3) is 0.647. The Kier molecular flexibility index (Phi) is 4.96. The van der Waals surface area contributed by atoms with Gasteiger partial charge in [-0.2, -0.15) is 0 Å². The molecular formula is C17H27FN2O. The Labute approximate surface area is 127 Å². The van der Waals surface area contributed by atoms with Crippen molar-refractivity contribution in [1.29, 1.82) is 0 Å². The molecule has 1 heterocycles. The molecule has 0 amide bonds. The van der Waals surface area contributed by atoms with Gasteiger partial charge >= 0.3 is 0 Å². The molecular weight excluding hydrogens is 267 g/mol. The molecule has 0 unspecified atom stereocenters. The average molecular weight is 294 g/mol. The van der Waals surface area contributed by atoms with Crippen LogP contribution in [0.5, 0.6) is 5.75 Å². The maximum Gasteiger partial charge on any atom is 0.167 e. The van der Waals surface area contributed by atoms with Gasteiger partial charge in [-0.05, 0) is 24.7 Å². The number of hydrogen-bond acceptors (Lipinski definition) is 3. The summed E-state index contributed by atoms with van der Waals surface area (Å²) >= 11 is 0. The van der Waals surface area contributed by atoms with Crippen LogP contribution in [0.4, 0.5) is 15.8 Å². The van der Waals surface area contributed by atoms with Crippen molar-refractivity contribution >= 4 is 11.4 Å². The number of halogens is 1. The maximum atomic E-state index is 13.9. The number of benzene rings is 1. The third kappa shape index (κ3) is 3.60. The molecule has 0 radical (unpaired) electrons. The standard InChI is InChI=1S/C17H27FN2O/c1-4-10-21-16-12-15(14(19)11-13(16)18)20-8-6-17(3,5-2)7-9-20/h11-12H,4-10,19H2,1-3H3. The Morgan fingerprint density at radius 3 is 2.52 bits per heavy atom. The second-order valence-corrected chi connectivity index (χ2v) is 6.34. The summed E-state index contributed by atoms with van der Waals surface area (Å²) in [7, 11) is 0. The number of rotatable bonds is 5. The smallest absolute Gasteiger partial charge is 0.167 e. The van der Waals surface area contributed by atoms with Crippen LogP contribution >= 0.6 is 0 Å². The van der Waals surface area contributed by atoms with E-state index in [1.54, 1.807) is 6.07 Å². The lowest BCUT2D eigenvalue weighted by Gasteiger charge is -2.40. The van der Waals surface area contributed by atoms with Crippen molar-refractivity contribution in [2.45, 2.75) is 46.5 Å². The van der Waals surface area contributed by atoms with Gasteiger partial charge in [0.2, 0.25) is 0 Å². The zero-order chi connectivity index (χ0) is 15.5. The first-order chi connectivity index (χ1) is 9.99. The van der Waals surface area contributed by atoms with Gasteiger partial charge in [0.05, 0.1) is 18.0 Å². The fourth-order valence-corrected chi connectivity index (χ4v) is 2.80. The first-order valence-corrected chi connectivity index (χ1v) is 7.96. The van der Waals surface area contributed by atoms with Gasteiger partial charge in [0.15, 0.2) is 11.6 Å². The molecule has 0 aromatic heterocycles. The molecule has 0 bridgehead atoms. The molecule has 118 valence electrons. The Balaban J connectivity index is 2.16. The predicted molar refractivity (Wildman–Crippen MR) is 86.4 cm³/mol. The summed E-state index contributed by atoms with van der Waals surface area (Å²) in [6.07, 6.45) is 4.35. The lowest BCUT2D eigenvalue weighted by atomic mass is 9.78. The van der Waals surface area contributed by atoms with E-state index >= 15 is 0 Å². The molecule has 1 aromatic rings. The SMILES string of the molecule is CCCOc1cc(N2CCC(C)(CC)CC2)c(N)cc1F. The van der Waals surface area contributed by atoms with Gasteiger partial charge in [-0.1, -0.05) is 27.2 Å². The van der Waals surface area contributed by atoms with Crippen LogP contribution in [0.2, 0.25) is 0 Å². The van der Waals surface area contributed by atoms with Gasteiger partial charge in [-0.3, -0.25) is 0 Å².